The fourth-order valence-electron chi connectivity index (χ4n) is 3.93. The molecule has 2 aromatic carbocycles. The Kier molecular flexibility index (Phi) is 6.65. The van der Waals surface area contributed by atoms with Gasteiger partial charge in [-0.15, -0.1) is 11.3 Å². The molecule has 0 aliphatic heterocycles. The highest BCUT2D eigenvalue weighted by atomic mass is 32.1. The first-order valence-corrected chi connectivity index (χ1v) is 11.9. The number of carbonyl (C=O) groups is 2. The fourth-order valence-corrected chi connectivity index (χ4v) is 4.64. The topological polar surface area (TPSA) is 98.1 Å². The standard InChI is InChI=1S/C25H27N5O3S/c1-6-30-23-20(25(32)26-14(2)22-13-34-16(4)28-22)11-18(27-15(3)31)12-21(23)29-24(30)17-8-7-9-19(10-17)33-5/h7-14H,6H2,1-5H3,(H,26,32)(H,27,31). The lowest BCUT2D eigenvalue weighted by atomic mass is 10.1. The van der Waals surface area contributed by atoms with Crippen molar-refractivity contribution in [2.24, 2.45) is 0 Å². The highest BCUT2D eigenvalue weighted by Crippen LogP contribution is 2.32. The molecule has 0 saturated carbocycles. The van der Waals surface area contributed by atoms with Crippen molar-refractivity contribution >= 4 is 39.9 Å². The number of carbonyl (C=O) groups excluding carboxylic acids is 2. The molecule has 1 atom stereocenters. The molecule has 1 unspecified atom stereocenters. The summed E-state index contributed by atoms with van der Waals surface area (Å²) in [5.74, 6) is 0.951. The van der Waals surface area contributed by atoms with Crippen LogP contribution in [0.25, 0.3) is 22.4 Å². The summed E-state index contributed by atoms with van der Waals surface area (Å²) in [5.41, 5.74) is 3.95. The summed E-state index contributed by atoms with van der Waals surface area (Å²) in [6, 6.07) is 10.9. The van der Waals surface area contributed by atoms with Gasteiger partial charge < -0.3 is 19.9 Å². The van der Waals surface area contributed by atoms with E-state index in [4.69, 9.17) is 9.72 Å². The molecule has 2 aromatic heterocycles. The van der Waals surface area contributed by atoms with Crippen LogP contribution >= 0.6 is 11.3 Å². The van der Waals surface area contributed by atoms with Gasteiger partial charge in [-0.25, -0.2) is 9.97 Å². The Hall–Kier alpha value is -3.72. The van der Waals surface area contributed by atoms with E-state index in [0.29, 0.717) is 34.7 Å². The second-order valence-corrected chi connectivity index (χ2v) is 9.03. The number of fused-ring (bicyclic) bond motifs is 1. The molecule has 4 rings (SSSR count). The van der Waals surface area contributed by atoms with Crippen molar-refractivity contribution in [3.63, 3.8) is 0 Å². The zero-order chi connectivity index (χ0) is 24.4. The molecule has 176 valence electrons. The number of aromatic nitrogens is 3. The normalized spacial score (nSPS) is 11.9. The number of benzene rings is 2. The lowest BCUT2D eigenvalue weighted by molar-refractivity contribution is -0.114. The first-order chi connectivity index (χ1) is 16.3. The minimum absolute atomic E-state index is 0.222. The van der Waals surface area contributed by atoms with Crippen LogP contribution in [0.3, 0.4) is 0 Å². The van der Waals surface area contributed by atoms with Crippen LogP contribution in [0.4, 0.5) is 5.69 Å². The van der Waals surface area contributed by atoms with Gasteiger partial charge in [-0.05, 0) is 45.0 Å². The third-order valence-corrected chi connectivity index (χ3v) is 6.27. The predicted molar refractivity (Wildman–Crippen MR) is 134 cm³/mol. The van der Waals surface area contributed by atoms with E-state index in [1.165, 1.54) is 6.92 Å². The largest absolute Gasteiger partial charge is 0.497 e. The third-order valence-electron chi connectivity index (χ3n) is 5.48. The second-order valence-electron chi connectivity index (χ2n) is 7.97. The number of hydrogen-bond acceptors (Lipinski definition) is 6. The number of hydrogen-bond donors (Lipinski definition) is 2. The number of anilines is 1. The summed E-state index contributed by atoms with van der Waals surface area (Å²) in [5, 5.41) is 8.72. The Labute approximate surface area is 202 Å². The van der Waals surface area contributed by atoms with Crippen LogP contribution in [-0.2, 0) is 11.3 Å². The van der Waals surface area contributed by atoms with Crippen LogP contribution in [0.15, 0.2) is 41.8 Å². The van der Waals surface area contributed by atoms with Crippen molar-refractivity contribution in [2.45, 2.75) is 40.3 Å². The number of imidazole rings is 1. The van der Waals surface area contributed by atoms with Crippen LogP contribution in [-0.4, -0.2) is 33.5 Å². The van der Waals surface area contributed by atoms with Crippen molar-refractivity contribution in [3.8, 4) is 17.1 Å². The van der Waals surface area contributed by atoms with Crippen molar-refractivity contribution in [1.29, 1.82) is 0 Å². The maximum Gasteiger partial charge on any atom is 0.254 e. The molecule has 9 heteroatoms. The number of thiazole rings is 1. The Morgan fingerprint density at radius 2 is 2.00 bits per heavy atom. The van der Waals surface area contributed by atoms with Crippen molar-refractivity contribution in [2.75, 3.05) is 12.4 Å². The number of nitrogens with zero attached hydrogens (tertiary/aromatic N) is 3. The van der Waals surface area contributed by atoms with Gasteiger partial charge in [0, 0.05) is 30.1 Å². The average Bonchev–Trinajstić information content (AvgIpc) is 3.41. The third kappa shape index (κ3) is 4.65. The SMILES string of the molecule is CCn1c(-c2cccc(OC)c2)nc2cc(NC(C)=O)cc(C(=O)NC(C)c3csc(C)n3)c21. The van der Waals surface area contributed by atoms with Crippen LogP contribution in [0, 0.1) is 6.92 Å². The van der Waals surface area contributed by atoms with E-state index in [-0.39, 0.29) is 17.9 Å². The quantitative estimate of drug-likeness (QED) is 0.393. The lowest BCUT2D eigenvalue weighted by Crippen LogP contribution is -2.27. The molecule has 4 aromatic rings. The Bertz CT molecular complexity index is 1370. The summed E-state index contributed by atoms with van der Waals surface area (Å²) in [6.45, 7) is 7.88. The fraction of sp³-hybridized carbons (Fsp3) is 0.280. The molecule has 2 N–H and O–H groups in total. The van der Waals surface area contributed by atoms with Crippen molar-refractivity contribution in [3.05, 3.63) is 58.0 Å². The molecule has 34 heavy (non-hydrogen) atoms. The molecule has 0 radical (unpaired) electrons. The number of rotatable bonds is 7. The summed E-state index contributed by atoms with van der Waals surface area (Å²) >= 11 is 1.54. The Morgan fingerprint density at radius 1 is 1.21 bits per heavy atom. The van der Waals surface area contributed by atoms with Gasteiger partial charge in [-0.1, -0.05) is 12.1 Å². The van der Waals surface area contributed by atoms with Crippen molar-refractivity contribution in [1.82, 2.24) is 19.9 Å². The zero-order valence-electron chi connectivity index (χ0n) is 19.8. The molecule has 2 amide bonds. The number of amides is 2. The minimum atomic E-state index is -0.271. The maximum absolute atomic E-state index is 13.5. The molecule has 0 aliphatic carbocycles. The van der Waals surface area contributed by atoms with Crippen molar-refractivity contribution < 1.29 is 14.3 Å². The molecule has 0 bridgehead atoms. The van der Waals surface area contributed by atoms with E-state index in [9.17, 15) is 9.59 Å². The lowest BCUT2D eigenvalue weighted by Gasteiger charge is -2.15. The Balaban J connectivity index is 1.85. The number of nitrogens with one attached hydrogen (secondary N) is 2. The molecule has 0 fully saturated rings. The molecule has 2 heterocycles. The minimum Gasteiger partial charge on any atom is -0.497 e. The summed E-state index contributed by atoms with van der Waals surface area (Å²) in [6.07, 6.45) is 0. The smallest absolute Gasteiger partial charge is 0.254 e. The number of methoxy groups -OCH3 is 1. The first kappa shape index (κ1) is 23.4. The van der Waals surface area contributed by atoms with Gasteiger partial charge in [-0.2, -0.15) is 0 Å². The van der Waals surface area contributed by atoms with E-state index >= 15 is 0 Å². The average molecular weight is 478 g/mol. The van der Waals surface area contributed by atoms with E-state index < -0.39 is 0 Å². The monoisotopic (exact) mass is 477 g/mol. The molecule has 8 nitrogen and oxygen atoms in total. The molecule has 0 spiro atoms. The second kappa shape index (κ2) is 9.64. The Morgan fingerprint density at radius 3 is 2.65 bits per heavy atom. The summed E-state index contributed by atoms with van der Waals surface area (Å²) in [4.78, 5) is 34.6. The van der Waals surface area contributed by atoms with Crippen LogP contribution in [0.1, 0.15) is 47.9 Å². The molecule has 0 saturated heterocycles. The first-order valence-electron chi connectivity index (χ1n) is 11.0. The van der Waals surface area contributed by atoms with E-state index in [0.717, 1.165) is 22.0 Å². The van der Waals surface area contributed by atoms with Gasteiger partial charge in [0.1, 0.15) is 11.6 Å². The van der Waals surface area contributed by atoms with E-state index in [2.05, 4.69) is 15.6 Å². The van der Waals surface area contributed by atoms with Gasteiger partial charge in [0.05, 0.1) is 40.5 Å². The predicted octanol–water partition coefficient (Wildman–Crippen LogP) is 4.95. The van der Waals surface area contributed by atoms with E-state index in [1.54, 1.807) is 30.6 Å². The zero-order valence-corrected chi connectivity index (χ0v) is 20.6. The van der Waals surface area contributed by atoms with Gasteiger partial charge >= 0.3 is 0 Å². The van der Waals surface area contributed by atoms with Crippen LogP contribution in [0.2, 0.25) is 0 Å². The summed E-state index contributed by atoms with van der Waals surface area (Å²) in [7, 11) is 1.62. The molecule has 0 aliphatic rings. The summed E-state index contributed by atoms with van der Waals surface area (Å²) < 4.78 is 7.39. The van der Waals surface area contributed by atoms with Gasteiger partial charge in [0.2, 0.25) is 5.91 Å². The van der Waals surface area contributed by atoms with Crippen LogP contribution in [0.5, 0.6) is 5.75 Å². The highest BCUT2D eigenvalue weighted by Gasteiger charge is 2.22. The molecular formula is C25H27N5O3S. The van der Waals surface area contributed by atoms with Crippen LogP contribution < -0.4 is 15.4 Å². The number of aryl methyl sites for hydroxylation is 2. The van der Waals surface area contributed by atoms with Gasteiger partial charge in [0.25, 0.3) is 5.91 Å². The van der Waals surface area contributed by atoms with Gasteiger partial charge in [0.15, 0.2) is 0 Å². The highest BCUT2D eigenvalue weighted by molar-refractivity contribution is 7.09. The number of ether oxygens (including phenoxy) is 1. The molecular weight excluding hydrogens is 450 g/mol. The van der Waals surface area contributed by atoms with Gasteiger partial charge in [-0.3, -0.25) is 9.59 Å². The maximum atomic E-state index is 13.5. The van der Waals surface area contributed by atoms with E-state index in [1.807, 2.05) is 55.0 Å².